The molecule has 0 aliphatic rings. The van der Waals surface area contributed by atoms with E-state index in [4.69, 9.17) is 11.0 Å². The SMILES string of the molecule is CCC(C)C(N)C(=O)N(CCC#N)CC(C)C. The van der Waals surface area contributed by atoms with Crippen LogP contribution in [0.15, 0.2) is 0 Å². The summed E-state index contributed by atoms with van der Waals surface area (Å²) >= 11 is 0. The number of rotatable bonds is 7. The zero-order valence-corrected chi connectivity index (χ0v) is 11.4. The molecule has 0 fully saturated rings. The maximum absolute atomic E-state index is 12.2. The van der Waals surface area contributed by atoms with Gasteiger partial charge in [-0.25, -0.2) is 0 Å². The minimum absolute atomic E-state index is 0.0247. The Morgan fingerprint density at radius 3 is 2.41 bits per heavy atom. The molecule has 17 heavy (non-hydrogen) atoms. The van der Waals surface area contributed by atoms with Gasteiger partial charge in [0.2, 0.25) is 5.91 Å². The van der Waals surface area contributed by atoms with E-state index in [1.807, 2.05) is 13.8 Å². The van der Waals surface area contributed by atoms with Crippen molar-refractivity contribution in [2.45, 2.75) is 46.6 Å². The summed E-state index contributed by atoms with van der Waals surface area (Å²) < 4.78 is 0. The van der Waals surface area contributed by atoms with Gasteiger partial charge in [-0.1, -0.05) is 34.1 Å². The molecule has 0 rings (SSSR count). The van der Waals surface area contributed by atoms with Crippen molar-refractivity contribution in [1.29, 1.82) is 5.26 Å². The highest BCUT2D eigenvalue weighted by atomic mass is 16.2. The van der Waals surface area contributed by atoms with E-state index in [2.05, 4.69) is 19.9 Å². The van der Waals surface area contributed by atoms with Gasteiger partial charge in [0.25, 0.3) is 0 Å². The van der Waals surface area contributed by atoms with Gasteiger partial charge in [0, 0.05) is 13.1 Å². The van der Waals surface area contributed by atoms with E-state index in [0.29, 0.717) is 25.4 Å². The molecule has 0 saturated heterocycles. The van der Waals surface area contributed by atoms with Crippen LogP contribution in [0.1, 0.15) is 40.5 Å². The minimum Gasteiger partial charge on any atom is -0.340 e. The molecule has 0 aromatic rings. The maximum atomic E-state index is 12.2. The fourth-order valence-corrected chi connectivity index (χ4v) is 1.63. The van der Waals surface area contributed by atoms with Crippen LogP contribution in [0.3, 0.4) is 0 Å². The van der Waals surface area contributed by atoms with Gasteiger partial charge in [-0.3, -0.25) is 4.79 Å². The zero-order chi connectivity index (χ0) is 13.4. The van der Waals surface area contributed by atoms with Gasteiger partial charge >= 0.3 is 0 Å². The Hall–Kier alpha value is -1.08. The first-order valence-electron chi connectivity index (χ1n) is 6.35. The molecular formula is C13H25N3O. The van der Waals surface area contributed by atoms with Crippen LogP contribution in [-0.2, 0) is 4.79 Å². The van der Waals surface area contributed by atoms with Crippen LogP contribution in [0.4, 0.5) is 0 Å². The van der Waals surface area contributed by atoms with Crippen molar-refractivity contribution in [3.63, 3.8) is 0 Å². The van der Waals surface area contributed by atoms with E-state index in [9.17, 15) is 4.79 Å². The van der Waals surface area contributed by atoms with E-state index < -0.39 is 6.04 Å². The number of nitrogens with two attached hydrogens (primary N) is 1. The number of nitriles is 1. The Morgan fingerprint density at radius 2 is 2.00 bits per heavy atom. The van der Waals surface area contributed by atoms with Crippen LogP contribution >= 0.6 is 0 Å². The molecule has 0 aromatic heterocycles. The van der Waals surface area contributed by atoms with Crippen LogP contribution in [-0.4, -0.2) is 29.9 Å². The van der Waals surface area contributed by atoms with Gasteiger partial charge in [-0.15, -0.1) is 0 Å². The number of nitrogens with zero attached hydrogens (tertiary/aromatic N) is 2. The molecule has 0 aromatic carbocycles. The molecule has 4 nitrogen and oxygen atoms in total. The molecule has 0 radical (unpaired) electrons. The fourth-order valence-electron chi connectivity index (χ4n) is 1.63. The Kier molecular flexibility index (Phi) is 7.56. The predicted octanol–water partition coefficient (Wildman–Crippen LogP) is 1.76. The Bertz CT molecular complexity index is 270. The Morgan fingerprint density at radius 1 is 1.41 bits per heavy atom. The maximum Gasteiger partial charge on any atom is 0.239 e. The van der Waals surface area contributed by atoms with Crippen molar-refractivity contribution in [1.82, 2.24) is 4.90 Å². The number of carbonyl (C=O) groups is 1. The van der Waals surface area contributed by atoms with Gasteiger partial charge < -0.3 is 10.6 Å². The largest absolute Gasteiger partial charge is 0.340 e. The Labute approximate surface area is 105 Å². The summed E-state index contributed by atoms with van der Waals surface area (Å²) in [7, 11) is 0. The molecule has 4 heteroatoms. The minimum atomic E-state index is -0.447. The normalized spacial score (nSPS) is 14.2. The molecule has 0 aliphatic heterocycles. The predicted molar refractivity (Wildman–Crippen MR) is 69.1 cm³/mol. The summed E-state index contributed by atoms with van der Waals surface area (Å²) in [6.07, 6.45) is 1.26. The van der Waals surface area contributed by atoms with Crippen LogP contribution in [0.2, 0.25) is 0 Å². The average molecular weight is 239 g/mol. The summed E-state index contributed by atoms with van der Waals surface area (Å²) in [4.78, 5) is 13.9. The molecule has 0 saturated carbocycles. The lowest BCUT2D eigenvalue weighted by Gasteiger charge is -2.28. The highest BCUT2D eigenvalue weighted by Crippen LogP contribution is 2.10. The Balaban J connectivity index is 4.56. The third kappa shape index (κ3) is 5.69. The van der Waals surface area contributed by atoms with Gasteiger partial charge in [-0.2, -0.15) is 5.26 Å². The molecule has 0 aliphatic carbocycles. The van der Waals surface area contributed by atoms with Crippen molar-refractivity contribution in [2.75, 3.05) is 13.1 Å². The van der Waals surface area contributed by atoms with Crippen LogP contribution < -0.4 is 5.73 Å². The van der Waals surface area contributed by atoms with Gasteiger partial charge in [0.05, 0.1) is 18.5 Å². The summed E-state index contributed by atoms with van der Waals surface area (Å²) in [5.74, 6) is 0.546. The molecule has 0 spiro atoms. The monoisotopic (exact) mass is 239 g/mol. The van der Waals surface area contributed by atoms with Crippen molar-refractivity contribution in [2.24, 2.45) is 17.6 Å². The number of carbonyl (C=O) groups excluding carboxylic acids is 1. The standard InChI is InChI=1S/C13H25N3O/c1-5-11(4)12(15)13(17)16(8-6-7-14)9-10(2)3/h10-12H,5-6,8-9,15H2,1-4H3. The lowest BCUT2D eigenvalue weighted by atomic mass is 9.98. The molecule has 2 unspecified atom stereocenters. The number of hydrogen-bond donors (Lipinski definition) is 1. The first kappa shape index (κ1) is 15.9. The molecular weight excluding hydrogens is 214 g/mol. The number of amides is 1. The fraction of sp³-hybridized carbons (Fsp3) is 0.846. The molecule has 0 heterocycles. The first-order valence-corrected chi connectivity index (χ1v) is 6.35. The van der Waals surface area contributed by atoms with E-state index in [1.165, 1.54) is 0 Å². The second kappa shape index (κ2) is 8.08. The van der Waals surface area contributed by atoms with E-state index in [-0.39, 0.29) is 11.8 Å². The zero-order valence-electron chi connectivity index (χ0n) is 11.4. The summed E-state index contributed by atoms with van der Waals surface area (Å²) in [6.45, 7) is 9.28. The first-order chi connectivity index (χ1) is 7.93. The second-order valence-electron chi connectivity index (χ2n) is 5.00. The van der Waals surface area contributed by atoms with Crippen LogP contribution in [0.5, 0.6) is 0 Å². The highest BCUT2D eigenvalue weighted by molar-refractivity contribution is 5.82. The third-order valence-corrected chi connectivity index (χ3v) is 2.93. The van der Waals surface area contributed by atoms with Crippen molar-refractivity contribution in [3.05, 3.63) is 0 Å². The quantitative estimate of drug-likeness (QED) is 0.736. The average Bonchev–Trinajstić information content (AvgIpc) is 2.31. The molecule has 1 amide bonds. The molecule has 98 valence electrons. The summed E-state index contributed by atoms with van der Waals surface area (Å²) in [5, 5.41) is 8.61. The second-order valence-corrected chi connectivity index (χ2v) is 5.00. The van der Waals surface area contributed by atoms with E-state index in [1.54, 1.807) is 4.90 Å². The van der Waals surface area contributed by atoms with Gasteiger partial charge in [0.15, 0.2) is 0 Å². The van der Waals surface area contributed by atoms with Crippen molar-refractivity contribution >= 4 is 5.91 Å². The molecule has 0 bridgehead atoms. The topological polar surface area (TPSA) is 70.1 Å². The van der Waals surface area contributed by atoms with Crippen LogP contribution in [0, 0.1) is 23.2 Å². The number of hydrogen-bond acceptors (Lipinski definition) is 3. The van der Waals surface area contributed by atoms with Crippen molar-refractivity contribution in [3.8, 4) is 6.07 Å². The smallest absolute Gasteiger partial charge is 0.239 e. The summed E-state index contributed by atoms with van der Waals surface area (Å²) in [6, 6.07) is 1.63. The third-order valence-electron chi connectivity index (χ3n) is 2.93. The highest BCUT2D eigenvalue weighted by Gasteiger charge is 2.25. The van der Waals surface area contributed by atoms with Crippen molar-refractivity contribution < 1.29 is 4.79 Å². The van der Waals surface area contributed by atoms with Crippen LogP contribution in [0.25, 0.3) is 0 Å². The lowest BCUT2D eigenvalue weighted by molar-refractivity contribution is -0.134. The molecule has 2 atom stereocenters. The lowest BCUT2D eigenvalue weighted by Crippen LogP contribution is -2.48. The van der Waals surface area contributed by atoms with Gasteiger partial charge in [0.1, 0.15) is 0 Å². The van der Waals surface area contributed by atoms with Gasteiger partial charge in [-0.05, 0) is 11.8 Å². The van der Waals surface area contributed by atoms with E-state index >= 15 is 0 Å². The summed E-state index contributed by atoms with van der Waals surface area (Å²) in [5.41, 5.74) is 5.95. The van der Waals surface area contributed by atoms with E-state index in [0.717, 1.165) is 6.42 Å². The molecule has 2 N–H and O–H groups in total.